The minimum Gasteiger partial charge on any atom is -0.463 e. The van der Waals surface area contributed by atoms with Gasteiger partial charge in [-0.2, -0.15) is 0 Å². The summed E-state index contributed by atoms with van der Waals surface area (Å²) in [5, 5.41) is 46.0. The number of esters is 4. The van der Waals surface area contributed by atoms with E-state index in [0.29, 0.717) is 90.9 Å². The van der Waals surface area contributed by atoms with Gasteiger partial charge in [-0.3, -0.25) is 38.8 Å². The molecular formula is C94H176N4O12. The van der Waals surface area contributed by atoms with Crippen LogP contribution in [0.15, 0.2) is 48.6 Å². The average molecular weight is 1550 g/mol. The zero-order chi connectivity index (χ0) is 79.7. The number of hydrogen-bond donors (Lipinski definition) is 4. The highest BCUT2D eigenvalue weighted by Gasteiger charge is 2.23. The van der Waals surface area contributed by atoms with Crippen molar-refractivity contribution in [1.82, 2.24) is 19.6 Å². The van der Waals surface area contributed by atoms with Gasteiger partial charge < -0.3 is 39.4 Å². The van der Waals surface area contributed by atoms with Crippen molar-refractivity contribution in [3.05, 3.63) is 48.6 Å². The molecule has 1 aliphatic rings. The molecule has 1 rings (SSSR count). The summed E-state index contributed by atoms with van der Waals surface area (Å²) in [5.41, 5.74) is 0. The number of aliphatic hydroxyl groups excluding tert-OH is 4. The van der Waals surface area contributed by atoms with Crippen molar-refractivity contribution < 1.29 is 58.6 Å². The van der Waals surface area contributed by atoms with Crippen LogP contribution in [0, 0.1) is 0 Å². The number of allylic oxidation sites excluding steroid dienone is 8. The normalized spacial score (nSPS) is 15.5. The number of unbranched alkanes of at least 4 members (excludes halogenated alkanes) is 44. The van der Waals surface area contributed by atoms with Crippen molar-refractivity contribution in [3.63, 3.8) is 0 Å². The summed E-state index contributed by atoms with van der Waals surface area (Å²) in [6.45, 7) is 14.0. The van der Waals surface area contributed by atoms with Gasteiger partial charge in [-0.1, -0.05) is 282 Å². The minimum atomic E-state index is -0.933. The highest BCUT2D eigenvalue weighted by molar-refractivity contribution is 5.70. The number of β-amino-alcohol motifs (C(OH)–C–C–N with tert-alkyl or cyclic N) is 4. The van der Waals surface area contributed by atoms with Crippen LogP contribution in [0.1, 0.15) is 400 Å². The molecule has 1 heterocycles. The number of carbonyl (C=O) groups is 4. The lowest BCUT2D eigenvalue weighted by Crippen LogP contribution is -2.47. The Morgan fingerprint density at radius 2 is 0.391 bits per heavy atom. The van der Waals surface area contributed by atoms with Crippen LogP contribution in [0.3, 0.4) is 0 Å². The van der Waals surface area contributed by atoms with Crippen molar-refractivity contribution in [2.45, 2.75) is 425 Å². The summed E-state index contributed by atoms with van der Waals surface area (Å²) in [6.07, 6.45) is 78.7. The van der Waals surface area contributed by atoms with Gasteiger partial charge in [0.05, 0.1) is 0 Å². The summed E-state index contributed by atoms with van der Waals surface area (Å²) in [5.74, 6) is -1.20. The molecule has 0 aromatic heterocycles. The first-order valence-corrected chi connectivity index (χ1v) is 46.7. The largest absolute Gasteiger partial charge is 0.463 e. The Kier molecular flexibility index (Phi) is 78.0. The van der Waals surface area contributed by atoms with Gasteiger partial charge in [-0.25, -0.2) is 0 Å². The first-order valence-electron chi connectivity index (χ1n) is 46.7. The number of carbonyl (C=O) groups excluding carboxylic acids is 4. The Labute approximate surface area is 676 Å². The van der Waals surface area contributed by atoms with Crippen molar-refractivity contribution >= 4 is 23.9 Å². The maximum atomic E-state index is 13.0. The third-order valence-corrected chi connectivity index (χ3v) is 21.6. The van der Waals surface area contributed by atoms with Gasteiger partial charge in [0.2, 0.25) is 0 Å². The number of aliphatic hydroxyl groups is 4. The van der Waals surface area contributed by atoms with E-state index < -0.39 is 24.4 Å². The standard InChI is InChI=1S/C94H176N4O12/c1-5-9-13-17-21-25-29-33-37-41-45-49-53-57-61-67-91(103)107-83-87(99)79-95-71-65-72-97(81-89(101)85-109-93(105)69-63-59-55-51-47-43-39-35-31-27-23-19-15-11-7-3)77-78-98(82-90(102)86-110-94(106)70-64-60-56-52-48-44-40-36-32-28-24-20-16-12-8-4)74-66-73-96(76-75-95)80-88(100)84-108-92(104)68-62-58-54-50-46-42-38-34-30-26-22-18-14-10-6-2/h33-40,87-90,99-102H,5-32,41-86H2,1-4H3/b37-33-,38-34-,39-35-,40-36-. The number of ether oxygens (including phenoxy) is 4. The van der Waals surface area contributed by atoms with E-state index in [1.165, 1.54) is 180 Å². The predicted molar refractivity (Wildman–Crippen MR) is 461 cm³/mol. The molecule has 0 spiro atoms. The number of rotatable bonds is 76. The fourth-order valence-corrected chi connectivity index (χ4v) is 14.6. The Morgan fingerprint density at radius 1 is 0.236 bits per heavy atom. The lowest BCUT2D eigenvalue weighted by Gasteiger charge is -2.34. The third kappa shape index (κ3) is 74.6. The lowest BCUT2D eigenvalue weighted by molar-refractivity contribution is -0.148. The van der Waals surface area contributed by atoms with Gasteiger partial charge in [0.1, 0.15) is 50.8 Å². The summed E-state index contributed by atoms with van der Waals surface area (Å²) in [7, 11) is 0. The summed E-state index contributed by atoms with van der Waals surface area (Å²) in [6, 6.07) is 0. The van der Waals surface area contributed by atoms with Crippen LogP contribution in [0.4, 0.5) is 0 Å². The van der Waals surface area contributed by atoms with Gasteiger partial charge in [-0.05, 0) is 167 Å². The van der Waals surface area contributed by atoms with E-state index in [-0.39, 0.29) is 76.5 Å². The molecule has 0 radical (unpaired) electrons. The van der Waals surface area contributed by atoms with Gasteiger partial charge in [0.25, 0.3) is 0 Å². The maximum absolute atomic E-state index is 13.0. The average Bonchev–Trinajstić information content (AvgIpc) is 0.908. The van der Waals surface area contributed by atoms with Crippen molar-refractivity contribution in [1.29, 1.82) is 0 Å². The van der Waals surface area contributed by atoms with Crippen LogP contribution < -0.4 is 0 Å². The Morgan fingerprint density at radius 3 is 0.564 bits per heavy atom. The van der Waals surface area contributed by atoms with Crippen LogP contribution in [0.2, 0.25) is 0 Å². The van der Waals surface area contributed by atoms with Crippen LogP contribution in [0.25, 0.3) is 0 Å². The summed E-state index contributed by atoms with van der Waals surface area (Å²) in [4.78, 5) is 60.7. The van der Waals surface area contributed by atoms with Crippen molar-refractivity contribution in [2.24, 2.45) is 0 Å². The smallest absolute Gasteiger partial charge is 0.305 e. The Bertz CT molecular complexity index is 1860. The molecule has 644 valence electrons. The molecule has 1 fully saturated rings. The highest BCUT2D eigenvalue weighted by Crippen LogP contribution is 2.18. The topological polar surface area (TPSA) is 199 Å². The second-order valence-corrected chi connectivity index (χ2v) is 32.6. The van der Waals surface area contributed by atoms with Gasteiger partial charge in [-0.15, -0.1) is 0 Å². The molecule has 4 N–H and O–H groups in total. The van der Waals surface area contributed by atoms with E-state index in [1.54, 1.807) is 0 Å². The van der Waals surface area contributed by atoms with Gasteiger partial charge in [0.15, 0.2) is 0 Å². The molecule has 4 atom stereocenters. The second kappa shape index (κ2) is 82.1. The fourth-order valence-electron chi connectivity index (χ4n) is 14.6. The molecule has 1 saturated heterocycles. The molecular weight excluding hydrogens is 1380 g/mol. The molecule has 0 amide bonds. The lowest BCUT2D eigenvalue weighted by atomic mass is 10.1. The molecule has 16 heteroatoms. The van der Waals surface area contributed by atoms with E-state index in [1.807, 2.05) is 0 Å². The highest BCUT2D eigenvalue weighted by atomic mass is 16.6. The fraction of sp³-hybridized carbons (Fsp3) is 0.872. The Hall–Kier alpha value is -3.48. The SMILES string of the molecule is CCCCCCCC/C=C\CCCCCCCC(=O)OCC(O)CN1CCCN(CC(O)COC(=O)CCCCCCC/C=C\CCCCCCCC)CCN(CC(O)COC(=O)CCCCCCC/C=C\CCCCCCCC)CCCN(CC(O)COC(=O)CCCCCCC/C=C\CCCCCCCC)CC1. The van der Waals surface area contributed by atoms with Crippen molar-refractivity contribution in [2.75, 3.05) is 105 Å². The molecule has 0 aliphatic carbocycles. The molecule has 110 heavy (non-hydrogen) atoms. The Balaban J connectivity index is 3.08. The molecule has 16 nitrogen and oxygen atoms in total. The van der Waals surface area contributed by atoms with E-state index in [9.17, 15) is 39.6 Å². The predicted octanol–water partition coefficient (Wildman–Crippen LogP) is 21.8. The van der Waals surface area contributed by atoms with Crippen molar-refractivity contribution in [3.8, 4) is 0 Å². The van der Waals surface area contributed by atoms with E-state index in [2.05, 4.69) is 95.9 Å². The number of nitrogens with zero attached hydrogens (tertiary/aromatic N) is 4. The summed E-state index contributed by atoms with van der Waals surface area (Å²) < 4.78 is 22.7. The first kappa shape index (κ1) is 105. The molecule has 0 aromatic carbocycles. The number of hydrogen-bond acceptors (Lipinski definition) is 16. The van der Waals surface area contributed by atoms with Crippen LogP contribution >= 0.6 is 0 Å². The second-order valence-electron chi connectivity index (χ2n) is 32.6. The molecule has 1 aliphatic heterocycles. The minimum absolute atomic E-state index is 0.113. The quantitative estimate of drug-likeness (QED) is 0.0194. The molecule has 0 bridgehead atoms. The van der Waals surface area contributed by atoms with Crippen LogP contribution in [-0.4, -0.2) is 193 Å². The summed E-state index contributed by atoms with van der Waals surface area (Å²) >= 11 is 0. The van der Waals surface area contributed by atoms with E-state index in [4.69, 9.17) is 18.9 Å². The molecule has 4 unspecified atom stereocenters. The monoisotopic (exact) mass is 1550 g/mol. The molecule has 0 aromatic rings. The van der Waals surface area contributed by atoms with Crippen LogP contribution in [0.5, 0.6) is 0 Å². The first-order chi connectivity index (χ1) is 53.9. The van der Waals surface area contributed by atoms with E-state index in [0.717, 1.165) is 154 Å². The maximum Gasteiger partial charge on any atom is 0.305 e. The zero-order valence-corrected chi connectivity index (χ0v) is 72.1. The van der Waals surface area contributed by atoms with Gasteiger partial charge >= 0.3 is 23.9 Å². The van der Waals surface area contributed by atoms with Crippen LogP contribution in [-0.2, 0) is 38.1 Å². The van der Waals surface area contributed by atoms with E-state index >= 15 is 0 Å². The molecule has 0 saturated carbocycles. The third-order valence-electron chi connectivity index (χ3n) is 21.6. The van der Waals surface area contributed by atoms with Gasteiger partial charge in [0, 0.05) is 78.0 Å². The zero-order valence-electron chi connectivity index (χ0n) is 72.1.